The highest BCUT2D eigenvalue weighted by molar-refractivity contribution is 4.77. The third kappa shape index (κ3) is 5.31. The number of hydrogen-bond acceptors (Lipinski definition) is 2. The number of nitrogens with zero attached hydrogens (tertiary/aromatic N) is 1. The first-order valence-electron chi connectivity index (χ1n) is 7.07. The SMILES string of the molecule is CCCC1CCN(CC(C)CNC(C)C)C1. The average Bonchev–Trinajstić information content (AvgIpc) is 2.63. The van der Waals surface area contributed by atoms with E-state index in [-0.39, 0.29) is 0 Å². The van der Waals surface area contributed by atoms with E-state index in [2.05, 4.69) is 37.9 Å². The number of nitrogens with one attached hydrogen (secondary N) is 1. The van der Waals surface area contributed by atoms with Crippen molar-refractivity contribution >= 4 is 0 Å². The van der Waals surface area contributed by atoms with E-state index < -0.39 is 0 Å². The van der Waals surface area contributed by atoms with Crippen LogP contribution in [0.1, 0.15) is 47.0 Å². The van der Waals surface area contributed by atoms with Gasteiger partial charge in [0.05, 0.1) is 0 Å². The molecule has 0 aromatic carbocycles. The van der Waals surface area contributed by atoms with Gasteiger partial charge in [-0.25, -0.2) is 0 Å². The van der Waals surface area contributed by atoms with Crippen LogP contribution in [0.15, 0.2) is 0 Å². The zero-order chi connectivity index (χ0) is 12.0. The highest BCUT2D eigenvalue weighted by Gasteiger charge is 2.22. The molecule has 1 N–H and O–H groups in total. The molecule has 0 aromatic heterocycles. The Kier molecular flexibility index (Phi) is 6.37. The van der Waals surface area contributed by atoms with Crippen LogP contribution in [0.25, 0.3) is 0 Å². The van der Waals surface area contributed by atoms with Crippen molar-refractivity contribution in [2.75, 3.05) is 26.2 Å². The van der Waals surface area contributed by atoms with Crippen LogP contribution in [0.5, 0.6) is 0 Å². The van der Waals surface area contributed by atoms with E-state index in [4.69, 9.17) is 0 Å². The third-order valence-electron chi connectivity index (χ3n) is 3.51. The van der Waals surface area contributed by atoms with Crippen molar-refractivity contribution in [1.29, 1.82) is 0 Å². The molecule has 2 atom stereocenters. The molecule has 0 aliphatic carbocycles. The van der Waals surface area contributed by atoms with Crippen molar-refractivity contribution in [2.45, 2.75) is 53.0 Å². The predicted molar refractivity (Wildman–Crippen MR) is 71.8 cm³/mol. The Balaban J connectivity index is 2.13. The molecule has 0 saturated carbocycles. The van der Waals surface area contributed by atoms with E-state index in [0.29, 0.717) is 6.04 Å². The maximum atomic E-state index is 3.53. The van der Waals surface area contributed by atoms with E-state index >= 15 is 0 Å². The van der Waals surface area contributed by atoms with Gasteiger partial charge < -0.3 is 10.2 Å². The predicted octanol–water partition coefficient (Wildman–Crippen LogP) is 2.74. The summed E-state index contributed by atoms with van der Waals surface area (Å²) in [6.45, 7) is 14.2. The highest BCUT2D eigenvalue weighted by atomic mass is 15.1. The van der Waals surface area contributed by atoms with Gasteiger partial charge in [-0.05, 0) is 37.8 Å². The summed E-state index contributed by atoms with van der Waals surface area (Å²) in [5.74, 6) is 1.76. The van der Waals surface area contributed by atoms with Crippen LogP contribution in [-0.4, -0.2) is 37.1 Å². The van der Waals surface area contributed by atoms with Crippen molar-refractivity contribution in [3.63, 3.8) is 0 Å². The largest absolute Gasteiger partial charge is 0.314 e. The van der Waals surface area contributed by atoms with Crippen molar-refractivity contribution in [3.05, 3.63) is 0 Å². The zero-order valence-corrected chi connectivity index (χ0v) is 11.6. The Hall–Kier alpha value is -0.0800. The molecule has 16 heavy (non-hydrogen) atoms. The number of hydrogen-bond donors (Lipinski definition) is 1. The second-order valence-electron chi connectivity index (χ2n) is 5.87. The fourth-order valence-electron chi connectivity index (χ4n) is 2.66. The fraction of sp³-hybridized carbons (Fsp3) is 1.00. The minimum absolute atomic E-state index is 0.619. The lowest BCUT2D eigenvalue weighted by Gasteiger charge is -2.22. The maximum absolute atomic E-state index is 3.53. The van der Waals surface area contributed by atoms with Crippen LogP contribution in [0.2, 0.25) is 0 Å². The highest BCUT2D eigenvalue weighted by Crippen LogP contribution is 2.21. The van der Waals surface area contributed by atoms with Crippen LogP contribution in [0.4, 0.5) is 0 Å². The Morgan fingerprint density at radius 2 is 2.06 bits per heavy atom. The summed E-state index contributed by atoms with van der Waals surface area (Å²) in [4.78, 5) is 2.66. The van der Waals surface area contributed by atoms with E-state index in [0.717, 1.165) is 18.4 Å². The molecule has 1 heterocycles. The summed E-state index contributed by atoms with van der Waals surface area (Å²) in [6.07, 6.45) is 4.20. The molecule has 1 rings (SSSR count). The first kappa shape index (κ1) is 14.0. The third-order valence-corrected chi connectivity index (χ3v) is 3.51. The molecule has 1 saturated heterocycles. The van der Waals surface area contributed by atoms with Gasteiger partial charge in [0.2, 0.25) is 0 Å². The van der Waals surface area contributed by atoms with Gasteiger partial charge in [-0.1, -0.05) is 34.1 Å². The van der Waals surface area contributed by atoms with Crippen molar-refractivity contribution < 1.29 is 0 Å². The Labute approximate surface area is 102 Å². The summed E-state index contributed by atoms with van der Waals surface area (Å²) >= 11 is 0. The van der Waals surface area contributed by atoms with E-state index in [9.17, 15) is 0 Å². The first-order chi connectivity index (χ1) is 7.61. The molecule has 2 nitrogen and oxygen atoms in total. The topological polar surface area (TPSA) is 15.3 Å². The van der Waals surface area contributed by atoms with Crippen LogP contribution < -0.4 is 5.32 Å². The zero-order valence-electron chi connectivity index (χ0n) is 11.6. The molecule has 0 aromatic rings. The molecular weight excluding hydrogens is 196 g/mol. The molecule has 0 amide bonds. The second kappa shape index (κ2) is 7.29. The molecular formula is C14H30N2. The minimum atomic E-state index is 0.619. The van der Waals surface area contributed by atoms with Gasteiger partial charge in [-0.15, -0.1) is 0 Å². The second-order valence-corrected chi connectivity index (χ2v) is 5.87. The fourth-order valence-corrected chi connectivity index (χ4v) is 2.66. The summed E-state index contributed by atoms with van der Waals surface area (Å²) < 4.78 is 0. The summed E-state index contributed by atoms with van der Waals surface area (Å²) in [6, 6.07) is 0.619. The van der Waals surface area contributed by atoms with E-state index in [1.54, 1.807) is 0 Å². The monoisotopic (exact) mass is 226 g/mol. The Morgan fingerprint density at radius 3 is 2.69 bits per heavy atom. The average molecular weight is 226 g/mol. The lowest BCUT2D eigenvalue weighted by molar-refractivity contribution is 0.268. The summed E-state index contributed by atoms with van der Waals surface area (Å²) in [7, 11) is 0. The number of rotatable bonds is 7. The van der Waals surface area contributed by atoms with Crippen LogP contribution in [0.3, 0.4) is 0 Å². The van der Waals surface area contributed by atoms with Gasteiger partial charge in [0.1, 0.15) is 0 Å². The van der Waals surface area contributed by atoms with Gasteiger partial charge in [-0.2, -0.15) is 0 Å². The first-order valence-corrected chi connectivity index (χ1v) is 7.07. The molecule has 1 aliphatic rings. The molecule has 96 valence electrons. The molecule has 2 unspecified atom stereocenters. The molecule has 0 spiro atoms. The lowest BCUT2D eigenvalue weighted by atomic mass is 10.0. The quantitative estimate of drug-likeness (QED) is 0.718. The summed E-state index contributed by atoms with van der Waals surface area (Å²) in [5, 5.41) is 3.53. The Morgan fingerprint density at radius 1 is 1.31 bits per heavy atom. The molecule has 2 heteroatoms. The standard InChI is InChI=1S/C14H30N2/c1-5-6-14-7-8-16(11-14)10-13(4)9-15-12(2)3/h12-15H,5-11H2,1-4H3. The van der Waals surface area contributed by atoms with Gasteiger partial charge in [-0.3, -0.25) is 0 Å². The van der Waals surface area contributed by atoms with E-state index in [1.165, 1.54) is 38.9 Å². The van der Waals surface area contributed by atoms with Crippen LogP contribution >= 0.6 is 0 Å². The van der Waals surface area contributed by atoms with Crippen LogP contribution in [-0.2, 0) is 0 Å². The maximum Gasteiger partial charge on any atom is 0.00193 e. The van der Waals surface area contributed by atoms with Crippen molar-refractivity contribution in [2.24, 2.45) is 11.8 Å². The molecule has 0 bridgehead atoms. The van der Waals surface area contributed by atoms with Gasteiger partial charge in [0.15, 0.2) is 0 Å². The van der Waals surface area contributed by atoms with Crippen LogP contribution in [0, 0.1) is 11.8 Å². The van der Waals surface area contributed by atoms with Crippen molar-refractivity contribution in [1.82, 2.24) is 10.2 Å². The lowest BCUT2D eigenvalue weighted by Crippen LogP contribution is -2.34. The van der Waals surface area contributed by atoms with Crippen molar-refractivity contribution in [3.8, 4) is 0 Å². The van der Waals surface area contributed by atoms with E-state index in [1.807, 2.05) is 0 Å². The van der Waals surface area contributed by atoms with Gasteiger partial charge in [0.25, 0.3) is 0 Å². The van der Waals surface area contributed by atoms with Gasteiger partial charge >= 0.3 is 0 Å². The minimum Gasteiger partial charge on any atom is -0.314 e. The molecule has 1 aliphatic heterocycles. The Bertz CT molecular complexity index is 180. The number of likely N-dealkylation sites (tertiary alicyclic amines) is 1. The smallest absolute Gasteiger partial charge is 0.00193 e. The van der Waals surface area contributed by atoms with Gasteiger partial charge in [0, 0.05) is 19.1 Å². The normalized spacial score (nSPS) is 24.2. The summed E-state index contributed by atoms with van der Waals surface area (Å²) in [5.41, 5.74) is 0. The molecule has 1 fully saturated rings. The molecule has 0 radical (unpaired) electrons.